The smallest absolute Gasteiger partial charge is 0.248 e. The van der Waals surface area contributed by atoms with E-state index in [0.717, 1.165) is 16.6 Å². The van der Waals surface area contributed by atoms with Gasteiger partial charge in [-0.05, 0) is 42.8 Å². The predicted molar refractivity (Wildman–Crippen MR) is 109 cm³/mol. The first kappa shape index (κ1) is 22.3. The van der Waals surface area contributed by atoms with Crippen molar-refractivity contribution in [1.82, 2.24) is 0 Å². The maximum absolute atomic E-state index is 13.3. The summed E-state index contributed by atoms with van der Waals surface area (Å²) >= 11 is 11.8. The number of amides is 1. The Kier molecular flexibility index (Phi) is 7.14. The van der Waals surface area contributed by atoms with Crippen molar-refractivity contribution in [2.45, 2.75) is 19.4 Å². The molecule has 0 saturated heterocycles. The van der Waals surface area contributed by atoms with Gasteiger partial charge in [0.05, 0.1) is 24.1 Å². The van der Waals surface area contributed by atoms with E-state index in [9.17, 15) is 17.6 Å². The Morgan fingerprint density at radius 2 is 1.93 bits per heavy atom. The molecular formula is C18H19Cl2FN2O4S. The highest BCUT2D eigenvalue weighted by Crippen LogP contribution is 2.35. The van der Waals surface area contributed by atoms with Gasteiger partial charge < -0.3 is 10.1 Å². The molecule has 6 nitrogen and oxygen atoms in total. The van der Waals surface area contributed by atoms with Gasteiger partial charge in [-0.25, -0.2) is 12.8 Å². The van der Waals surface area contributed by atoms with Crippen LogP contribution < -0.4 is 14.4 Å². The lowest BCUT2D eigenvalue weighted by molar-refractivity contribution is -0.117. The minimum Gasteiger partial charge on any atom is -0.495 e. The number of hydrogen-bond acceptors (Lipinski definition) is 4. The molecule has 2 rings (SSSR count). The number of carbonyl (C=O) groups excluding carboxylic acids is 1. The van der Waals surface area contributed by atoms with Crippen LogP contribution in [0.1, 0.15) is 13.3 Å². The van der Waals surface area contributed by atoms with E-state index in [1.807, 2.05) is 0 Å². The summed E-state index contributed by atoms with van der Waals surface area (Å²) in [6.45, 7) is 1.66. The van der Waals surface area contributed by atoms with E-state index in [4.69, 9.17) is 27.9 Å². The Bertz CT molecular complexity index is 986. The molecule has 1 N–H and O–H groups in total. The van der Waals surface area contributed by atoms with Gasteiger partial charge in [0.25, 0.3) is 0 Å². The van der Waals surface area contributed by atoms with Crippen LogP contribution in [0.15, 0.2) is 36.4 Å². The number of sulfonamides is 1. The first-order chi connectivity index (χ1) is 13.1. The molecule has 0 aliphatic carbocycles. The molecule has 0 bridgehead atoms. The molecule has 0 aliphatic rings. The van der Waals surface area contributed by atoms with E-state index >= 15 is 0 Å². The third kappa shape index (κ3) is 5.06. The van der Waals surface area contributed by atoms with E-state index in [1.54, 1.807) is 13.0 Å². The van der Waals surface area contributed by atoms with Gasteiger partial charge in [0.1, 0.15) is 17.6 Å². The number of carbonyl (C=O) groups is 1. The minimum atomic E-state index is -3.88. The lowest BCUT2D eigenvalue weighted by atomic mass is 10.1. The van der Waals surface area contributed by atoms with Crippen LogP contribution in [0.25, 0.3) is 0 Å². The molecular weight excluding hydrogens is 430 g/mol. The lowest BCUT2D eigenvalue weighted by Crippen LogP contribution is -2.47. The van der Waals surface area contributed by atoms with Crippen LogP contribution in [-0.4, -0.2) is 33.7 Å². The summed E-state index contributed by atoms with van der Waals surface area (Å²) in [7, 11) is -2.50. The average Bonchev–Trinajstić information content (AvgIpc) is 2.61. The highest BCUT2D eigenvalue weighted by atomic mass is 35.5. The largest absolute Gasteiger partial charge is 0.495 e. The van der Waals surface area contributed by atoms with Gasteiger partial charge in [0.2, 0.25) is 15.9 Å². The standard InChI is InChI=1S/C18H19Cl2FN2O4S/c1-4-15(18(24)22-12-6-7-14(21)13(20)10-12)23(28(3,25)26)16-9-11(19)5-8-17(16)27-2/h5-10,15H,4H2,1-3H3,(H,22,24)/t15-/m0/s1. The molecule has 2 aromatic rings. The van der Waals surface area contributed by atoms with E-state index in [1.165, 1.54) is 31.4 Å². The zero-order valence-corrected chi connectivity index (χ0v) is 17.7. The fraction of sp³-hybridized carbons (Fsp3) is 0.278. The molecule has 0 aromatic heterocycles. The van der Waals surface area contributed by atoms with Crippen molar-refractivity contribution in [2.24, 2.45) is 0 Å². The van der Waals surface area contributed by atoms with Crippen molar-refractivity contribution in [3.63, 3.8) is 0 Å². The van der Waals surface area contributed by atoms with Crippen molar-refractivity contribution < 1.29 is 22.3 Å². The third-order valence-electron chi connectivity index (χ3n) is 3.90. The average molecular weight is 449 g/mol. The summed E-state index contributed by atoms with van der Waals surface area (Å²) in [5.74, 6) is -1.00. The monoisotopic (exact) mass is 448 g/mol. The summed E-state index contributed by atoms with van der Waals surface area (Å²) in [5.41, 5.74) is 0.373. The summed E-state index contributed by atoms with van der Waals surface area (Å²) in [6.07, 6.45) is 1.14. The SMILES string of the molecule is CC[C@@H](C(=O)Nc1ccc(F)c(Cl)c1)N(c1cc(Cl)ccc1OC)S(C)(=O)=O. The molecule has 0 saturated carbocycles. The Hall–Kier alpha value is -2.03. The van der Waals surface area contributed by atoms with Gasteiger partial charge in [0.15, 0.2) is 0 Å². The third-order valence-corrected chi connectivity index (χ3v) is 5.59. The first-order valence-electron chi connectivity index (χ1n) is 8.17. The molecule has 10 heteroatoms. The Balaban J connectivity index is 2.47. The number of methoxy groups -OCH3 is 1. The van der Waals surface area contributed by atoms with Crippen LogP contribution in [0.3, 0.4) is 0 Å². The number of ether oxygens (including phenoxy) is 1. The van der Waals surface area contributed by atoms with Gasteiger partial charge in [-0.2, -0.15) is 0 Å². The fourth-order valence-corrected chi connectivity index (χ4v) is 4.22. The molecule has 0 heterocycles. The molecule has 2 aromatic carbocycles. The van der Waals surface area contributed by atoms with Crippen LogP contribution in [0.5, 0.6) is 5.75 Å². The zero-order chi connectivity index (χ0) is 21.1. The second kappa shape index (κ2) is 8.98. The van der Waals surface area contributed by atoms with Gasteiger partial charge in [-0.3, -0.25) is 9.10 Å². The van der Waals surface area contributed by atoms with Crippen molar-refractivity contribution in [1.29, 1.82) is 0 Å². The number of nitrogens with one attached hydrogen (secondary N) is 1. The van der Waals surface area contributed by atoms with Crippen LogP contribution in [0.4, 0.5) is 15.8 Å². The highest BCUT2D eigenvalue weighted by Gasteiger charge is 2.33. The Morgan fingerprint density at radius 3 is 2.46 bits per heavy atom. The molecule has 0 unspecified atom stereocenters. The number of hydrogen-bond donors (Lipinski definition) is 1. The van der Waals surface area contributed by atoms with E-state index < -0.39 is 27.8 Å². The van der Waals surface area contributed by atoms with Gasteiger partial charge in [-0.1, -0.05) is 30.1 Å². The number of anilines is 2. The normalized spacial score (nSPS) is 12.4. The topological polar surface area (TPSA) is 75.7 Å². The van der Waals surface area contributed by atoms with E-state index in [2.05, 4.69) is 5.32 Å². The molecule has 0 aliphatic heterocycles. The lowest BCUT2D eigenvalue weighted by Gasteiger charge is -2.31. The second-order valence-corrected chi connectivity index (χ2v) is 8.62. The first-order valence-corrected chi connectivity index (χ1v) is 10.8. The maximum atomic E-state index is 13.3. The number of halogens is 3. The summed E-state index contributed by atoms with van der Waals surface area (Å²) in [6, 6.07) is 7.04. The van der Waals surface area contributed by atoms with Gasteiger partial charge in [0, 0.05) is 10.7 Å². The van der Waals surface area contributed by atoms with Crippen molar-refractivity contribution >= 4 is 50.5 Å². The van der Waals surface area contributed by atoms with Gasteiger partial charge >= 0.3 is 0 Å². The quantitative estimate of drug-likeness (QED) is 0.683. The molecule has 28 heavy (non-hydrogen) atoms. The van der Waals surface area contributed by atoms with Gasteiger partial charge in [-0.15, -0.1) is 0 Å². The van der Waals surface area contributed by atoms with Crippen LogP contribution in [0.2, 0.25) is 10.0 Å². The highest BCUT2D eigenvalue weighted by molar-refractivity contribution is 7.92. The molecule has 0 spiro atoms. The minimum absolute atomic E-state index is 0.136. The number of rotatable bonds is 7. The molecule has 1 amide bonds. The fourth-order valence-electron chi connectivity index (χ4n) is 2.67. The van der Waals surface area contributed by atoms with Crippen molar-refractivity contribution in [3.05, 3.63) is 52.3 Å². The molecule has 1 atom stereocenters. The molecule has 152 valence electrons. The van der Waals surface area contributed by atoms with E-state index in [-0.39, 0.29) is 33.6 Å². The zero-order valence-electron chi connectivity index (χ0n) is 15.4. The summed E-state index contributed by atoms with van der Waals surface area (Å²) in [5, 5.41) is 2.68. The van der Waals surface area contributed by atoms with Crippen LogP contribution in [-0.2, 0) is 14.8 Å². The Morgan fingerprint density at radius 1 is 1.25 bits per heavy atom. The molecule has 0 fully saturated rings. The predicted octanol–water partition coefficient (Wildman–Crippen LogP) is 4.32. The number of benzene rings is 2. The summed E-state index contributed by atoms with van der Waals surface area (Å²) < 4.78 is 44.6. The van der Waals surface area contributed by atoms with Crippen LogP contribution >= 0.6 is 23.2 Å². The maximum Gasteiger partial charge on any atom is 0.248 e. The Labute approximate surface area is 173 Å². The second-order valence-electron chi connectivity index (χ2n) is 5.92. The number of nitrogens with zero attached hydrogens (tertiary/aromatic N) is 1. The summed E-state index contributed by atoms with van der Waals surface area (Å²) in [4.78, 5) is 12.9. The molecule has 0 radical (unpaired) electrons. The van der Waals surface area contributed by atoms with Crippen molar-refractivity contribution in [2.75, 3.05) is 23.0 Å². The van der Waals surface area contributed by atoms with Crippen LogP contribution in [0, 0.1) is 5.82 Å². The van der Waals surface area contributed by atoms with E-state index in [0.29, 0.717) is 0 Å². The van der Waals surface area contributed by atoms with Crippen molar-refractivity contribution in [3.8, 4) is 5.75 Å².